The van der Waals surface area contributed by atoms with E-state index < -0.39 is 119 Å². The van der Waals surface area contributed by atoms with E-state index in [9.17, 15) is 69.1 Å². The minimum absolute atomic E-state index is 0.169. The number of carbonyl (C=O) groups excluding carboxylic acids is 8. The molecule has 4 aliphatic rings. The number of aryl methyl sites for hydroxylation is 1. The van der Waals surface area contributed by atoms with Crippen LogP contribution in [0.2, 0.25) is 0 Å². The van der Waals surface area contributed by atoms with E-state index in [2.05, 4.69) is 52.1 Å². The highest BCUT2D eigenvalue weighted by atomic mass is 19.2. The molecule has 360 valence electrons. The van der Waals surface area contributed by atoms with E-state index in [-0.39, 0.29) is 43.7 Å². The average molecular weight is 973 g/mol. The summed E-state index contributed by atoms with van der Waals surface area (Å²) in [5.41, 5.74) is 0.356. The minimum Gasteiger partial charge on any atom is -0.430 e. The lowest BCUT2D eigenvalue weighted by Crippen LogP contribution is -2.28. The summed E-state index contributed by atoms with van der Waals surface area (Å²) < 4.78 is 144. The SMILES string of the molecule is Cc1cc(OC(=O)C2COC(=O)O2)ccc1F.O=C1OCC(C(=O)Oc2c(F)cccc2F)O1.O=C1OCC(C(=O)Oc2cc(F)cc(F)c2)O1.O=C1OCC(C(=O)Oc2ccc(F)cc2F)O1. The van der Waals surface area contributed by atoms with E-state index in [0.717, 1.165) is 42.5 Å². The molecule has 0 saturated carbocycles. The smallest absolute Gasteiger partial charge is 0.430 e. The van der Waals surface area contributed by atoms with Crippen molar-refractivity contribution in [2.75, 3.05) is 26.4 Å². The highest BCUT2D eigenvalue weighted by Gasteiger charge is 2.36. The van der Waals surface area contributed by atoms with Crippen molar-refractivity contribution in [2.45, 2.75) is 31.3 Å². The zero-order chi connectivity index (χ0) is 49.7. The van der Waals surface area contributed by atoms with E-state index in [1.54, 1.807) is 6.92 Å². The van der Waals surface area contributed by atoms with Crippen LogP contribution < -0.4 is 18.9 Å². The number of cyclic esters (lactones) is 8. The van der Waals surface area contributed by atoms with Crippen LogP contribution in [-0.4, -0.2) is 99.3 Å². The van der Waals surface area contributed by atoms with Gasteiger partial charge in [-0.25, -0.2) is 69.1 Å². The maximum Gasteiger partial charge on any atom is 0.509 e. The van der Waals surface area contributed by atoms with Crippen LogP contribution in [0, 0.1) is 47.6 Å². The Labute approximate surface area is 374 Å². The summed E-state index contributed by atoms with van der Waals surface area (Å²) in [6, 6.07) is 11.6. The van der Waals surface area contributed by atoms with E-state index in [4.69, 9.17) is 4.74 Å². The highest BCUT2D eigenvalue weighted by Crippen LogP contribution is 2.24. The Kier molecular flexibility index (Phi) is 17.0. The Morgan fingerprint density at radius 3 is 1.28 bits per heavy atom. The second-order valence-electron chi connectivity index (χ2n) is 13.0. The number of ether oxygens (including phenoxy) is 12. The summed E-state index contributed by atoms with van der Waals surface area (Å²) >= 11 is 0. The van der Waals surface area contributed by atoms with Gasteiger partial charge >= 0.3 is 48.5 Å². The van der Waals surface area contributed by atoms with Gasteiger partial charge in [0.1, 0.15) is 61.2 Å². The number of para-hydroxylation sites is 1. The summed E-state index contributed by atoms with van der Waals surface area (Å²) in [6.45, 7) is 0.465. The molecule has 4 unspecified atom stereocenters. The van der Waals surface area contributed by atoms with Gasteiger partial charge in [0.15, 0.2) is 23.2 Å². The standard InChI is InChI=1S/C11H9FO5.3C10H6F2O5/c1-6-4-7(2-3-8(6)12)16-10(13)9-5-15-11(14)17-9;11-5-1-6(12)3-7(2-5)16-9(13)8-4-15-10(14)17-8;11-5-1-2-7(6(12)3-5)16-9(13)8-4-15-10(14)17-8;11-5-2-1-3-6(12)8(5)17-9(13)7-4-15-10(14)16-7/h2-4,9H,5H2,1H3;2*1-3,8H,4H2;1-3,7H,4H2. The van der Waals surface area contributed by atoms with Crippen molar-refractivity contribution in [3.63, 3.8) is 0 Å². The van der Waals surface area contributed by atoms with Gasteiger partial charge in [-0.05, 0) is 55.0 Å². The molecule has 27 heteroatoms. The molecule has 0 aliphatic carbocycles. The third-order valence-corrected chi connectivity index (χ3v) is 8.04. The lowest BCUT2D eigenvalue weighted by Gasteiger charge is -2.08. The normalized spacial score (nSPS) is 18.5. The molecule has 4 atom stereocenters. The summed E-state index contributed by atoms with van der Waals surface area (Å²) in [6.07, 6.45) is -8.72. The number of hydrogen-bond acceptors (Lipinski definition) is 20. The van der Waals surface area contributed by atoms with Crippen molar-refractivity contribution in [1.29, 1.82) is 0 Å². The molecular weight excluding hydrogens is 945 g/mol. The Morgan fingerprint density at radius 2 is 0.868 bits per heavy atom. The molecule has 4 heterocycles. The Balaban J connectivity index is 0.000000169. The summed E-state index contributed by atoms with van der Waals surface area (Å²) in [4.78, 5) is 87.8. The van der Waals surface area contributed by atoms with E-state index in [1.807, 2.05) is 0 Å². The van der Waals surface area contributed by atoms with Gasteiger partial charge in [0, 0.05) is 24.3 Å². The first kappa shape index (κ1) is 50.4. The third kappa shape index (κ3) is 14.7. The van der Waals surface area contributed by atoms with Gasteiger partial charge in [0.25, 0.3) is 0 Å². The Morgan fingerprint density at radius 1 is 0.441 bits per heavy atom. The summed E-state index contributed by atoms with van der Waals surface area (Å²) in [7, 11) is 0. The van der Waals surface area contributed by atoms with Crippen LogP contribution in [0.5, 0.6) is 23.0 Å². The lowest BCUT2D eigenvalue weighted by atomic mass is 10.2. The number of hydrogen-bond donors (Lipinski definition) is 0. The molecule has 0 amide bonds. The molecule has 20 nitrogen and oxygen atoms in total. The van der Waals surface area contributed by atoms with Crippen molar-refractivity contribution < 1.29 is 126 Å². The van der Waals surface area contributed by atoms with Crippen molar-refractivity contribution in [3.8, 4) is 23.0 Å². The molecule has 0 radical (unpaired) electrons. The Hall–Kier alpha value is -8.65. The van der Waals surface area contributed by atoms with E-state index in [0.29, 0.717) is 17.7 Å². The van der Waals surface area contributed by atoms with Crippen LogP contribution in [0.3, 0.4) is 0 Å². The number of esters is 4. The first-order valence-corrected chi connectivity index (χ1v) is 18.6. The topological polar surface area (TPSA) is 247 Å². The fourth-order valence-corrected chi connectivity index (χ4v) is 4.89. The number of halogens is 7. The largest absolute Gasteiger partial charge is 0.509 e. The Bertz CT molecular complexity index is 2550. The molecule has 4 aliphatic heterocycles. The highest BCUT2D eigenvalue weighted by molar-refractivity contribution is 5.83. The summed E-state index contributed by atoms with van der Waals surface area (Å²) in [5.74, 6) is -11.2. The number of carbonyl (C=O) groups is 8. The lowest BCUT2D eigenvalue weighted by molar-refractivity contribution is -0.143. The zero-order valence-corrected chi connectivity index (χ0v) is 33.9. The van der Waals surface area contributed by atoms with Gasteiger partial charge in [0.05, 0.1) is 0 Å². The molecule has 4 saturated heterocycles. The molecule has 4 aromatic carbocycles. The van der Waals surface area contributed by atoms with Crippen LogP contribution in [0.25, 0.3) is 0 Å². The van der Waals surface area contributed by atoms with Crippen molar-refractivity contribution in [1.82, 2.24) is 0 Å². The van der Waals surface area contributed by atoms with Gasteiger partial charge in [-0.2, -0.15) is 0 Å². The van der Waals surface area contributed by atoms with Gasteiger partial charge in [-0.3, -0.25) is 0 Å². The van der Waals surface area contributed by atoms with Gasteiger partial charge in [-0.1, -0.05) is 6.07 Å². The predicted molar refractivity (Wildman–Crippen MR) is 198 cm³/mol. The molecule has 0 aromatic heterocycles. The van der Waals surface area contributed by atoms with Crippen LogP contribution in [0.15, 0.2) is 72.8 Å². The third-order valence-electron chi connectivity index (χ3n) is 8.04. The molecular formula is C41H27F7O20. The molecule has 0 N–H and O–H groups in total. The van der Waals surface area contributed by atoms with Gasteiger partial charge in [-0.15, -0.1) is 0 Å². The maximum atomic E-state index is 13.1. The van der Waals surface area contributed by atoms with E-state index in [1.165, 1.54) is 18.2 Å². The zero-order valence-electron chi connectivity index (χ0n) is 33.9. The van der Waals surface area contributed by atoms with Crippen molar-refractivity contribution >= 4 is 48.5 Å². The average Bonchev–Trinajstić information content (AvgIpc) is 4.11. The fourth-order valence-electron chi connectivity index (χ4n) is 4.89. The van der Waals surface area contributed by atoms with Crippen LogP contribution in [0.1, 0.15) is 5.56 Å². The van der Waals surface area contributed by atoms with E-state index >= 15 is 0 Å². The summed E-state index contributed by atoms with van der Waals surface area (Å²) in [5, 5.41) is 0. The van der Waals surface area contributed by atoms with Crippen LogP contribution >= 0.6 is 0 Å². The predicted octanol–water partition coefficient (Wildman–Crippen LogP) is 5.79. The molecule has 0 bridgehead atoms. The first-order chi connectivity index (χ1) is 32.2. The molecule has 68 heavy (non-hydrogen) atoms. The fraction of sp³-hybridized carbons (Fsp3) is 0.220. The molecule has 4 fully saturated rings. The minimum atomic E-state index is -1.30. The molecule has 4 aromatic rings. The van der Waals surface area contributed by atoms with Crippen molar-refractivity contribution in [2.24, 2.45) is 0 Å². The quantitative estimate of drug-likeness (QED) is 0.0877. The van der Waals surface area contributed by atoms with Gasteiger partial charge < -0.3 is 56.8 Å². The second-order valence-corrected chi connectivity index (χ2v) is 13.0. The number of benzene rings is 4. The van der Waals surface area contributed by atoms with Gasteiger partial charge in [0.2, 0.25) is 30.2 Å². The first-order valence-electron chi connectivity index (χ1n) is 18.6. The van der Waals surface area contributed by atoms with Crippen molar-refractivity contribution in [3.05, 3.63) is 119 Å². The monoisotopic (exact) mass is 972 g/mol. The molecule has 8 rings (SSSR count). The second kappa shape index (κ2) is 23.0. The van der Waals surface area contributed by atoms with Crippen LogP contribution in [0.4, 0.5) is 49.9 Å². The molecule has 0 spiro atoms. The maximum absolute atomic E-state index is 13.1. The van der Waals surface area contributed by atoms with Crippen LogP contribution in [-0.2, 0) is 57.1 Å². The number of rotatable bonds is 8.